The minimum atomic E-state index is 0.175. The highest BCUT2D eigenvalue weighted by Crippen LogP contribution is 2.37. The van der Waals surface area contributed by atoms with Gasteiger partial charge in [-0.15, -0.1) is 0 Å². The summed E-state index contributed by atoms with van der Waals surface area (Å²) in [6.45, 7) is 10.1. The molecule has 2 heteroatoms. The van der Waals surface area contributed by atoms with Crippen LogP contribution in [0.1, 0.15) is 45.2 Å². The maximum Gasteiger partial charge on any atom is 0.0436 e. The van der Waals surface area contributed by atoms with E-state index in [2.05, 4.69) is 50.8 Å². The quantitative estimate of drug-likeness (QED) is 0.888. The largest absolute Gasteiger partial charge is 0.364 e. The molecule has 2 nitrogen and oxygen atoms in total. The summed E-state index contributed by atoms with van der Waals surface area (Å²) < 4.78 is 0. The number of rotatable bonds is 3. The minimum Gasteiger partial charge on any atom is -0.364 e. The summed E-state index contributed by atoms with van der Waals surface area (Å²) >= 11 is 0. The van der Waals surface area contributed by atoms with Gasteiger partial charge in [0.25, 0.3) is 0 Å². The van der Waals surface area contributed by atoms with Gasteiger partial charge in [-0.05, 0) is 44.2 Å². The van der Waals surface area contributed by atoms with Crippen molar-refractivity contribution in [3.8, 4) is 0 Å². The maximum absolute atomic E-state index is 6.18. The van der Waals surface area contributed by atoms with E-state index in [4.69, 9.17) is 5.73 Å². The van der Waals surface area contributed by atoms with Crippen LogP contribution in [-0.4, -0.2) is 18.1 Å². The van der Waals surface area contributed by atoms with Crippen LogP contribution in [0.15, 0.2) is 18.2 Å². The van der Waals surface area contributed by atoms with Gasteiger partial charge in [0.05, 0.1) is 0 Å². The molecule has 0 radical (unpaired) electrons. The van der Waals surface area contributed by atoms with E-state index in [0.717, 1.165) is 25.8 Å². The van der Waals surface area contributed by atoms with Crippen LogP contribution in [-0.2, 0) is 12.8 Å². The third-order valence-electron chi connectivity index (χ3n) is 4.14. The lowest BCUT2D eigenvalue weighted by Gasteiger charge is -2.36. The van der Waals surface area contributed by atoms with Crippen molar-refractivity contribution in [2.75, 3.05) is 11.4 Å². The normalized spacial score (nSPS) is 22.5. The summed E-state index contributed by atoms with van der Waals surface area (Å²) in [4.78, 5) is 2.54. The monoisotopic (exact) mass is 246 g/mol. The maximum atomic E-state index is 6.18. The molecular weight excluding hydrogens is 220 g/mol. The third kappa shape index (κ3) is 2.26. The molecule has 18 heavy (non-hydrogen) atoms. The molecule has 1 aliphatic heterocycles. The van der Waals surface area contributed by atoms with Crippen molar-refractivity contribution in [2.24, 2.45) is 5.73 Å². The number of anilines is 1. The second kappa shape index (κ2) is 4.93. The number of nitrogens with two attached hydrogens (primary N) is 1. The van der Waals surface area contributed by atoms with Crippen molar-refractivity contribution in [1.29, 1.82) is 0 Å². The smallest absolute Gasteiger partial charge is 0.0436 e. The van der Waals surface area contributed by atoms with Crippen molar-refractivity contribution in [3.05, 3.63) is 29.3 Å². The van der Waals surface area contributed by atoms with Gasteiger partial charge >= 0.3 is 0 Å². The summed E-state index contributed by atoms with van der Waals surface area (Å²) in [6.07, 6.45) is 3.25. The van der Waals surface area contributed by atoms with Gasteiger partial charge < -0.3 is 10.6 Å². The number of nitrogens with zero attached hydrogens (tertiary/aromatic N) is 1. The van der Waals surface area contributed by atoms with Crippen LogP contribution in [0.4, 0.5) is 5.69 Å². The van der Waals surface area contributed by atoms with Gasteiger partial charge in [0.15, 0.2) is 0 Å². The molecule has 1 atom stereocenters. The Morgan fingerprint density at radius 2 is 1.78 bits per heavy atom. The van der Waals surface area contributed by atoms with Crippen LogP contribution in [0.25, 0.3) is 0 Å². The molecule has 2 rings (SSSR count). The first-order chi connectivity index (χ1) is 8.49. The van der Waals surface area contributed by atoms with Gasteiger partial charge in [-0.3, -0.25) is 0 Å². The summed E-state index contributed by atoms with van der Waals surface area (Å²) in [7, 11) is 0. The first-order valence-corrected chi connectivity index (χ1v) is 7.13. The number of hydrogen-bond acceptors (Lipinski definition) is 2. The molecule has 0 amide bonds. The zero-order valence-corrected chi connectivity index (χ0v) is 12.2. The summed E-state index contributed by atoms with van der Waals surface area (Å²) in [5.74, 6) is 0. The number of hydrogen-bond donors (Lipinski definition) is 1. The van der Waals surface area contributed by atoms with Crippen LogP contribution in [0.3, 0.4) is 0 Å². The molecule has 2 N–H and O–H groups in total. The molecule has 0 aliphatic carbocycles. The van der Waals surface area contributed by atoms with Crippen molar-refractivity contribution in [2.45, 2.75) is 58.5 Å². The average Bonchev–Trinajstić information content (AvgIpc) is 2.61. The van der Waals surface area contributed by atoms with E-state index in [1.165, 1.54) is 16.8 Å². The highest BCUT2D eigenvalue weighted by atomic mass is 15.2. The van der Waals surface area contributed by atoms with E-state index in [1.54, 1.807) is 0 Å². The first-order valence-electron chi connectivity index (χ1n) is 7.13. The Hall–Kier alpha value is -1.02. The fraction of sp³-hybridized carbons (Fsp3) is 0.625. The van der Waals surface area contributed by atoms with Crippen molar-refractivity contribution >= 4 is 5.69 Å². The first kappa shape index (κ1) is 13.4. The Balaban J connectivity index is 2.49. The number of aryl methyl sites for hydroxylation is 2. The van der Waals surface area contributed by atoms with Gasteiger partial charge in [-0.1, -0.05) is 32.0 Å². The third-order valence-corrected chi connectivity index (χ3v) is 4.14. The molecule has 1 heterocycles. The molecule has 1 aromatic carbocycles. The lowest BCUT2D eigenvalue weighted by Crippen LogP contribution is -2.39. The van der Waals surface area contributed by atoms with Gasteiger partial charge in [-0.2, -0.15) is 0 Å². The van der Waals surface area contributed by atoms with Gasteiger partial charge in [0.1, 0.15) is 0 Å². The predicted molar refractivity (Wildman–Crippen MR) is 79.2 cm³/mol. The molecule has 0 spiro atoms. The molecule has 1 saturated heterocycles. The van der Waals surface area contributed by atoms with Gasteiger partial charge in [0, 0.05) is 23.8 Å². The van der Waals surface area contributed by atoms with E-state index in [1.807, 2.05) is 0 Å². The SMILES string of the molecule is CCc1cccc(CC)c1N1CC(N)CC1(C)C. The Labute approximate surface area is 111 Å². The van der Waals surface area contributed by atoms with Crippen LogP contribution in [0, 0.1) is 0 Å². The molecule has 0 aromatic heterocycles. The van der Waals surface area contributed by atoms with Crippen LogP contribution in [0.2, 0.25) is 0 Å². The second-order valence-electron chi connectivity index (χ2n) is 6.02. The summed E-state index contributed by atoms with van der Waals surface area (Å²) in [5, 5.41) is 0. The van der Waals surface area contributed by atoms with E-state index in [-0.39, 0.29) is 5.54 Å². The van der Waals surface area contributed by atoms with E-state index < -0.39 is 0 Å². The Morgan fingerprint density at radius 3 is 2.17 bits per heavy atom. The molecular formula is C16H26N2. The zero-order valence-electron chi connectivity index (χ0n) is 12.2. The molecule has 0 bridgehead atoms. The van der Waals surface area contributed by atoms with Crippen molar-refractivity contribution in [1.82, 2.24) is 0 Å². The van der Waals surface area contributed by atoms with E-state index in [0.29, 0.717) is 6.04 Å². The Bertz CT molecular complexity index is 401. The van der Waals surface area contributed by atoms with Crippen molar-refractivity contribution in [3.63, 3.8) is 0 Å². The average molecular weight is 246 g/mol. The number of para-hydroxylation sites is 1. The fourth-order valence-corrected chi connectivity index (χ4v) is 3.25. The van der Waals surface area contributed by atoms with E-state index >= 15 is 0 Å². The van der Waals surface area contributed by atoms with Crippen LogP contribution in [0.5, 0.6) is 0 Å². The van der Waals surface area contributed by atoms with Gasteiger partial charge in [-0.25, -0.2) is 0 Å². The van der Waals surface area contributed by atoms with Gasteiger partial charge in [0.2, 0.25) is 0 Å². The molecule has 1 aromatic rings. The highest BCUT2D eigenvalue weighted by molar-refractivity contribution is 5.62. The lowest BCUT2D eigenvalue weighted by atomic mass is 9.96. The topological polar surface area (TPSA) is 29.3 Å². The lowest BCUT2D eigenvalue weighted by molar-refractivity contribution is 0.504. The molecule has 100 valence electrons. The molecule has 1 fully saturated rings. The molecule has 1 unspecified atom stereocenters. The Morgan fingerprint density at radius 1 is 1.22 bits per heavy atom. The van der Waals surface area contributed by atoms with E-state index in [9.17, 15) is 0 Å². The molecule has 0 saturated carbocycles. The van der Waals surface area contributed by atoms with Crippen molar-refractivity contribution < 1.29 is 0 Å². The Kier molecular flexibility index (Phi) is 3.67. The highest BCUT2D eigenvalue weighted by Gasteiger charge is 2.38. The molecule has 1 aliphatic rings. The second-order valence-corrected chi connectivity index (χ2v) is 6.02. The standard InChI is InChI=1S/C16H26N2/c1-5-12-8-7-9-13(6-2)15(12)18-11-14(17)10-16(18,3)4/h7-9,14H,5-6,10-11,17H2,1-4H3. The summed E-state index contributed by atoms with van der Waals surface area (Å²) in [5.41, 5.74) is 10.7. The van der Waals surface area contributed by atoms with Crippen LogP contribution < -0.4 is 10.6 Å². The zero-order chi connectivity index (χ0) is 13.3. The fourth-order valence-electron chi connectivity index (χ4n) is 3.25. The van der Waals surface area contributed by atoms with Crippen LogP contribution >= 0.6 is 0 Å². The predicted octanol–water partition coefficient (Wildman–Crippen LogP) is 3.13. The summed E-state index contributed by atoms with van der Waals surface area (Å²) in [6, 6.07) is 7.00. The minimum absolute atomic E-state index is 0.175. The number of benzene rings is 1.